The summed E-state index contributed by atoms with van der Waals surface area (Å²) in [6, 6.07) is 7.95. The zero-order valence-electron chi connectivity index (χ0n) is 8.50. The number of hydrogen-bond acceptors (Lipinski definition) is 0. The Morgan fingerprint density at radius 3 is 2.80 bits per heavy atom. The summed E-state index contributed by atoms with van der Waals surface area (Å²) in [5.74, 6) is 0. The molecule has 2 heteroatoms. The van der Waals surface area contributed by atoms with Gasteiger partial charge in [-0.05, 0) is 36.6 Å². The van der Waals surface area contributed by atoms with E-state index in [1.807, 2.05) is 18.2 Å². The van der Waals surface area contributed by atoms with Crippen molar-refractivity contribution >= 4 is 33.1 Å². The minimum atomic E-state index is 0.106. The summed E-state index contributed by atoms with van der Waals surface area (Å²) in [5.41, 5.74) is 2.43. The normalized spacial score (nSPS) is 25.1. The van der Waals surface area contributed by atoms with Crippen LogP contribution in [0.1, 0.15) is 18.9 Å². The Morgan fingerprint density at radius 1 is 1.40 bits per heavy atom. The summed E-state index contributed by atoms with van der Waals surface area (Å²) in [7, 11) is 0. The smallest absolute Gasteiger partial charge is 0.0446 e. The van der Waals surface area contributed by atoms with Crippen molar-refractivity contribution in [3.8, 4) is 0 Å². The van der Waals surface area contributed by atoms with Crippen LogP contribution < -0.4 is 0 Å². The van der Waals surface area contributed by atoms with Crippen LogP contribution in [-0.4, -0.2) is 4.32 Å². The van der Waals surface area contributed by atoms with Crippen LogP contribution in [0, 0.1) is 0 Å². The van der Waals surface area contributed by atoms with Crippen molar-refractivity contribution < 1.29 is 0 Å². The molecule has 1 aromatic carbocycles. The second-order valence-corrected chi connectivity index (χ2v) is 6.23. The van der Waals surface area contributed by atoms with Gasteiger partial charge in [0.25, 0.3) is 0 Å². The zero-order valence-corrected chi connectivity index (χ0v) is 10.8. The molecule has 0 fully saturated rings. The third kappa shape index (κ3) is 2.73. The molecule has 78 valence electrons. The first-order valence-electron chi connectivity index (χ1n) is 4.91. The van der Waals surface area contributed by atoms with Gasteiger partial charge < -0.3 is 0 Å². The largest absolute Gasteiger partial charge is 0.0843 e. The lowest BCUT2D eigenvalue weighted by Gasteiger charge is -2.20. The highest BCUT2D eigenvalue weighted by Gasteiger charge is 2.18. The van der Waals surface area contributed by atoms with E-state index in [0.717, 1.165) is 11.4 Å². The molecule has 1 unspecified atom stereocenters. The highest BCUT2D eigenvalue weighted by atomic mass is 79.9. The van der Waals surface area contributed by atoms with Gasteiger partial charge in [0, 0.05) is 9.35 Å². The molecule has 0 spiro atoms. The molecule has 1 aliphatic rings. The monoisotopic (exact) mass is 282 g/mol. The van der Waals surface area contributed by atoms with E-state index in [-0.39, 0.29) is 4.32 Å². The van der Waals surface area contributed by atoms with Gasteiger partial charge in [-0.25, -0.2) is 0 Å². The van der Waals surface area contributed by atoms with Crippen molar-refractivity contribution in [1.29, 1.82) is 0 Å². The molecule has 0 N–H and O–H groups in total. The van der Waals surface area contributed by atoms with Crippen molar-refractivity contribution in [2.45, 2.75) is 17.7 Å². The first-order valence-corrected chi connectivity index (χ1v) is 6.08. The van der Waals surface area contributed by atoms with Crippen LogP contribution in [0.5, 0.6) is 0 Å². The van der Waals surface area contributed by atoms with E-state index >= 15 is 0 Å². The molecule has 0 heterocycles. The summed E-state index contributed by atoms with van der Waals surface area (Å²) in [6.07, 6.45) is 7.57. The van der Waals surface area contributed by atoms with E-state index in [9.17, 15) is 0 Å². The molecule has 1 atom stereocenters. The van der Waals surface area contributed by atoms with Gasteiger partial charge in [-0.2, -0.15) is 0 Å². The number of alkyl halides is 1. The van der Waals surface area contributed by atoms with E-state index in [2.05, 4.69) is 47.1 Å². The molecular weight excluding hydrogens is 272 g/mol. The average molecular weight is 284 g/mol. The highest BCUT2D eigenvalue weighted by molar-refractivity contribution is 9.10. The van der Waals surface area contributed by atoms with Crippen LogP contribution >= 0.6 is 27.5 Å². The predicted octanol–water partition coefficient (Wildman–Crippen LogP) is 4.84. The Hall–Kier alpha value is -0.530. The van der Waals surface area contributed by atoms with Gasteiger partial charge in [0.1, 0.15) is 0 Å². The Labute approximate surface area is 104 Å². The van der Waals surface area contributed by atoms with Gasteiger partial charge in [-0.3, -0.25) is 0 Å². The minimum absolute atomic E-state index is 0.106. The van der Waals surface area contributed by atoms with Gasteiger partial charge >= 0.3 is 0 Å². The molecule has 0 amide bonds. The molecular formula is C13H12BrCl. The van der Waals surface area contributed by atoms with Crippen molar-refractivity contribution in [1.82, 2.24) is 0 Å². The summed E-state index contributed by atoms with van der Waals surface area (Å²) in [4.78, 5) is 0. The lowest BCUT2D eigenvalue weighted by atomic mass is 9.94. The van der Waals surface area contributed by atoms with Gasteiger partial charge in [0.2, 0.25) is 0 Å². The van der Waals surface area contributed by atoms with Gasteiger partial charge in [0.15, 0.2) is 0 Å². The summed E-state index contributed by atoms with van der Waals surface area (Å²) >= 11 is 9.61. The van der Waals surface area contributed by atoms with E-state index in [4.69, 9.17) is 11.6 Å². The molecule has 0 radical (unpaired) electrons. The molecule has 15 heavy (non-hydrogen) atoms. The minimum Gasteiger partial charge on any atom is -0.0843 e. The van der Waals surface area contributed by atoms with Crippen molar-refractivity contribution in [2.24, 2.45) is 0 Å². The van der Waals surface area contributed by atoms with Crippen LogP contribution in [0.25, 0.3) is 5.57 Å². The summed E-state index contributed by atoms with van der Waals surface area (Å²) < 4.78 is 0.106. The molecule has 0 aromatic heterocycles. The first-order chi connectivity index (χ1) is 7.07. The zero-order chi connectivity index (χ0) is 10.9. The number of allylic oxidation sites excluding steroid dienone is 4. The second kappa shape index (κ2) is 4.15. The molecule has 0 nitrogen and oxygen atoms in total. The summed E-state index contributed by atoms with van der Waals surface area (Å²) in [5, 5.41) is 0.786. The lowest BCUT2D eigenvalue weighted by molar-refractivity contribution is 0.818. The quantitative estimate of drug-likeness (QED) is 0.647. The van der Waals surface area contributed by atoms with Gasteiger partial charge in [-0.1, -0.05) is 57.9 Å². The topological polar surface area (TPSA) is 0 Å². The van der Waals surface area contributed by atoms with Crippen molar-refractivity contribution in [3.63, 3.8) is 0 Å². The fraction of sp³-hybridized carbons (Fsp3) is 0.231. The second-order valence-electron chi connectivity index (χ2n) is 3.99. The highest BCUT2D eigenvalue weighted by Crippen LogP contribution is 2.32. The first kappa shape index (κ1) is 11.0. The van der Waals surface area contributed by atoms with Crippen molar-refractivity contribution in [2.75, 3.05) is 0 Å². The van der Waals surface area contributed by atoms with Crippen LogP contribution in [0.15, 0.2) is 42.5 Å². The van der Waals surface area contributed by atoms with Gasteiger partial charge in [0.05, 0.1) is 0 Å². The van der Waals surface area contributed by atoms with Gasteiger partial charge in [-0.15, -0.1) is 0 Å². The molecule has 1 aliphatic carbocycles. The summed E-state index contributed by atoms with van der Waals surface area (Å²) in [6.45, 7) is 2.16. The Bertz CT molecular complexity index is 430. The molecule has 1 aromatic rings. The SMILES string of the molecule is CC1(Br)C=CC(c2cccc(Cl)c2)=CC1. The third-order valence-corrected chi connectivity index (χ3v) is 3.31. The maximum Gasteiger partial charge on any atom is 0.0446 e. The number of benzene rings is 1. The lowest BCUT2D eigenvalue weighted by Crippen LogP contribution is -2.12. The molecule has 0 saturated carbocycles. The molecule has 0 aliphatic heterocycles. The Morgan fingerprint density at radius 2 is 2.20 bits per heavy atom. The van der Waals surface area contributed by atoms with Crippen LogP contribution in [0.2, 0.25) is 5.02 Å². The standard InChI is InChI=1S/C13H12BrCl/c1-13(14)7-5-10(6-8-13)11-3-2-4-12(15)9-11/h2-7,9H,8H2,1H3. The number of halogens is 2. The van der Waals surface area contributed by atoms with E-state index in [1.165, 1.54) is 11.1 Å². The van der Waals surface area contributed by atoms with E-state index in [0.29, 0.717) is 0 Å². The number of hydrogen-bond donors (Lipinski definition) is 0. The maximum atomic E-state index is 5.96. The molecule has 0 saturated heterocycles. The molecule has 2 rings (SSSR count). The third-order valence-electron chi connectivity index (χ3n) is 2.49. The van der Waals surface area contributed by atoms with Crippen LogP contribution in [0.3, 0.4) is 0 Å². The predicted molar refractivity (Wildman–Crippen MR) is 70.5 cm³/mol. The van der Waals surface area contributed by atoms with Crippen LogP contribution in [0.4, 0.5) is 0 Å². The average Bonchev–Trinajstić information content (AvgIpc) is 2.17. The Balaban J connectivity index is 2.28. The number of rotatable bonds is 1. The Kier molecular flexibility index (Phi) is 3.03. The fourth-order valence-electron chi connectivity index (χ4n) is 1.59. The van der Waals surface area contributed by atoms with Crippen LogP contribution in [-0.2, 0) is 0 Å². The van der Waals surface area contributed by atoms with E-state index < -0.39 is 0 Å². The van der Waals surface area contributed by atoms with E-state index in [1.54, 1.807) is 0 Å². The maximum absolute atomic E-state index is 5.96. The fourth-order valence-corrected chi connectivity index (χ4v) is 2.08. The molecule has 0 bridgehead atoms. The van der Waals surface area contributed by atoms with Crippen molar-refractivity contribution in [3.05, 3.63) is 53.1 Å².